The summed E-state index contributed by atoms with van der Waals surface area (Å²) in [7, 11) is -3.81. The average molecular weight is 266 g/mol. The molecule has 0 N–H and O–H groups in total. The van der Waals surface area contributed by atoms with Gasteiger partial charge in [0.1, 0.15) is 0 Å². The number of rotatable bonds is 10. The summed E-state index contributed by atoms with van der Waals surface area (Å²) in [6.45, 7) is 8.48. The van der Waals surface area contributed by atoms with E-state index in [4.69, 9.17) is 8.37 Å². The highest BCUT2D eigenvalue weighted by atomic mass is 32.3. The smallest absolute Gasteiger partial charge is 0.248 e. The Labute approximate surface area is 106 Å². The molecule has 5 heteroatoms. The Balaban J connectivity index is 3.88. The molecule has 0 bridgehead atoms. The van der Waals surface area contributed by atoms with Crippen molar-refractivity contribution in [3.63, 3.8) is 0 Å². The van der Waals surface area contributed by atoms with E-state index in [1.54, 1.807) is 0 Å². The van der Waals surface area contributed by atoms with Crippen LogP contribution >= 0.6 is 0 Å². The van der Waals surface area contributed by atoms with Crippen molar-refractivity contribution in [3.8, 4) is 0 Å². The maximum Gasteiger partial charge on any atom is 0.399 e. The summed E-state index contributed by atoms with van der Waals surface area (Å²) in [6.07, 6.45) is 3.97. The standard InChI is InChI=1S/C12H26O4S/c1-5-7-11(3)9-15-17(13,14)16-10-12(4)8-6-2/h11-12H,5-10H2,1-4H3. The van der Waals surface area contributed by atoms with E-state index in [0.29, 0.717) is 0 Å². The molecule has 17 heavy (non-hydrogen) atoms. The zero-order chi connectivity index (χ0) is 13.3. The van der Waals surface area contributed by atoms with Gasteiger partial charge in [-0.2, -0.15) is 8.42 Å². The normalized spacial score (nSPS) is 15.8. The van der Waals surface area contributed by atoms with Gasteiger partial charge in [0.15, 0.2) is 0 Å². The highest BCUT2D eigenvalue weighted by Gasteiger charge is 2.15. The van der Waals surface area contributed by atoms with Crippen LogP contribution in [0.15, 0.2) is 0 Å². The van der Waals surface area contributed by atoms with Crippen LogP contribution in [-0.2, 0) is 18.8 Å². The molecule has 4 nitrogen and oxygen atoms in total. The van der Waals surface area contributed by atoms with E-state index in [9.17, 15) is 8.42 Å². The Morgan fingerprint density at radius 3 is 1.53 bits per heavy atom. The minimum Gasteiger partial charge on any atom is -0.248 e. The second-order valence-electron chi connectivity index (χ2n) is 4.76. The molecule has 0 aliphatic carbocycles. The molecule has 0 saturated carbocycles. The van der Waals surface area contributed by atoms with Gasteiger partial charge in [0, 0.05) is 0 Å². The highest BCUT2D eigenvalue weighted by Crippen LogP contribution is 2.11. The fraction of sp³-hybridized carbons (Fsp3) is 1.00. The molecule has 0 radical (unpaired) electrons. The molecule has 0 aromatic rings. The van der Waals surface area contributed by atoms with E-state index in [2.05, 4.69) is 13.8 Å². The molecule has 0 aromatic heterocycles. The van der Waals surface area contributed by atoms with E-state index in [-0.39, 0.29) is 25.0 Å². The molecule has 104 valence electrons. The zero-order valence-electron chi connectivity index (χ0n) is 11.4. The summed E-state index contributed by atoms with van der Waals surface area (Å²) < 4.78 is 32.5. The van der Waals surface area contributed by atoms with E-state index in [1.807, 2.05) is 13.8 Å². The van der Waals surface area contributed by atoms with Crippen LogP contribution in [0.4, 0.5) is 0 Å². The third kappa shape index (κ3) is 9.56. The average Bonchev–Trinajstić information content (AvgIpc) is 2.25. The van der Waals surface area contributed by atoms with Crippen molar-refractivity contribution in [3.05, 3.63) is 0 Å². The Morgan fingerprint density at radius 2 is 1.24 bits per heavy atom. The van der Waals surface area contributed by atoms with Crippen molar-refractivity contribution in [1.29, 1.82) is 0 Å². The van der Waals surface area contributed by atoms with Crippen molar-refractivity contribution in [2.24, 2.45) is 11.8 Å². The van der Waals surface area contributed by atoms with Gasteiger partial charge in [0.2, 0.25) is 0 Å². The molecular formula is C12H26O4S. The lowest BCUT2D eigenvalue weighted by Gasteiger charge is -2.13. The van der Waals surface area contributed by atoms with Gasteiger partial charge < -0.3 is 0 Å². The Morgan fingerprint density at radius 1 is 0.882 bits per heavy atom. The summed E-state index contributed by atoms with van der Waals surface area (Å²) in [4.78, 5) is 0. The molecule has 2 unspecified atom stereocenters. The first-order valence-corrected chi connectivity index (χ1v) is 7.78. The topological polar surface area (TPSA) is 52.6 Å². The first kappa shape index (κ1) is 16.9. The van der Waals surface area contributed by atoms with Crippen LogP contribution in [0.5, 0.6) is 0 Å². The number of hydrogen-bond donors (Lipinski definition) is 0. The quantitative estimate of drug-likeness (QED) is 0.609. The Kier molecular flexibility index (Phi) is 8.82. The second-order valence-corrected chi connectivity index (χ2v) is 6.05. The molecule has 0 aromatic carbocycles. The molecule has 0 aliphatic rings. The Hall–Kier alpha value is -0.130. The zero-order valence-corrected chi connectivity index (χ0v) is 12.3. The van der Waals surface area contributed by atoms with Gasteiger partial charge in [-0.1, -0.05) is 40.5 Å². The van der Waals surface area contributed by atoms with Crippen molar-refractivity contribution in [2.45, 2.75) is 53.4 Å². The van der Waals surface area contributed by atoms with Crippen molar-refractivity contribution in [2.75, 3.05) is 13.2 Å². The summed E-state index contributed by atoms with van der Waals surface area (Å²) in [5.74, 6) is 0.484. The van der Waals surface area contributed by atoms with Gasteiger partial charge in [-0.3, -0.25) is 0 Å². The summed E-state index contributed by atoms with van der Waals surface area (Å²) in [5, 5.41) is 0. The maximum absolute atomic E-state index is 11.4. The van der Waals surface area contributed by atoms with Gasteiger partial charge in [-0.25, -0.2) is 8.37 Å². The summed E-state index contributed by atoms with van der Waals surface area (Å²) in [5.41, 5.74) is 0. The van der Waals surface area contributed by atoms with Crippen molar-refractivity contribution < 1.29 is 16.8 Å². The molecule has 0 aliphatic heterocycles. The van der Waals surface area contributed by atoms with Crippen molar-refractivity contribution >= 4 is 10.4 Å². The van der Waals surface area contributed by atoms with Crippen LogP contribution in [-0.4, -0.2) is 21.6 Å². The van der Waals surface area contributed by atoms with E-state index in [1.165, 1.54) is 0 Å². The lowest BCUT2D eigenvalue weighted by Crippen LogP contribution is -2.18. The molecule has 0 saturated heterocycles. The van der Waals surface area contributed by atoms with Gasteiger partial charge in [0.05, 0.1) is 13.2 Å². The van der Waals surface area contributed by atoms with Crippen LogP contribution in [0.25, 0.3) is 0 Å². The molecule has 0 heterocycles. The SMILES string of the molecule is CCCC(C)COS(=O)(=O)OCC(C)CCC. The van der Waals surface area contributed by atoms with Crippen LogP contribution < -0.4 is 0 Å². The highest BCUT2D eigenvalue weighted by molar-refractivity contribution is 7.81. The largest absolute Gasteiger partial charge is 0.399 e. The first-order valence-electron chi connectivity index (χ1n) is 6.45. The minimum absolute atomic E-state index is 0.207. The number of hydrogen-bond acceptors (Lipinski definition) is 4. The molecular weight excluding hydrogens is 240 g/mol. The molecule has 2 atom stereocenters. The van der Waals surface area contributed by atoms with Crippen LogP contribution in [0.2, 0.25) is 0 Å². The lowest BCUT2D eigenvalue weighted by molar-refractivity contribution is 0.171. The Bertz CT molecular complexity index is 252. The maximum atomic E-state index is 11.4. The fourth-order valence-electron chi connectivity index (χ4n) is 1.59. The molecule has 0 amide bonds. The van der Waals surface area contributed by atoms with Gasteiger partial charge in [-0.15, -0.1) is 0 Å². The van der Waals surface area contributed by atoms with Gasteiger partial charge in [0.25, 0.3) is 0 Å². The minimum atomic E-state index is -3.81. The lowest BCUT2D eigenvalue weighted by atomic mass is 10.1. The van der Waals surface area contributed by atoms with Crippen LogP contribution in [0, 0.1) is 11.8 Å². The summed E-state index contributed by atoms with van der Waals surface area (Å²) >= 11 is 0. The third-order valence-corrected chi connectivity index (χ3v) is 3.41. The molecule has 0 fully saturated rings. The van der Waals surface area contributed by atoms with E-state index in [0.717, 1.165) is 25.7 Å². The van der Waals surface area contributed by atoms with Gasteiger partial charge >= 0.3 is 10.4 Å². The predicted octanol–water partition coefficient (Wildman–Crippen LogP) is 3.14. The molecule has 0 spiro atoms. The van der Waals surface area contributed by atoms with E-state index < -0.39 is 10.4 Å². The van der Waals surface area contributed by atoms with Crippen molar-refractivity contribution in [1.82, 2.24) is 0 Å². The fourth-order valence-corrected chi connectivity index (χ4v) is 2.45. The third-order valence-electron chi connectivity index (χ3n) is 2.56. The predicted molar refractivity (Wildman–Crippen MR) is 69.0 cm³/mol. The first-order chi connectivity index (χ1) is 7.91. The monoisotopic (exact) mass is 266 g/mol. The molecule has 0 rings (SSSR count). The second kappa shape index (κ2) is 8.89. The van der Waals surface area contributed by atoms with Crippen LogP contribution in [0.3, 0.4) is 0 Å². The van der Waals surface area contributed by atoms with Crippen LogP contribution in [0.1, 0.15) is 53.4 Å². The summed E-state index contributed by atoms with van der Waals surface area (Å²) in [6, 6.07) is 0. The van der Waals surface area contributed by atoms with Gasteiger partial charge in [-0.05, 0) is 24.7 Å². The van der Waals surface area contributed by atoms with E-state index >= 15 is 0 Å².